The van der Waals surface area contributed by atoms with Crippen LogP contribution in [0.15, 0.2) is 5.38 Å². The summed E-state index contributed by atoms with van der Waals surface area (Å²) in [6, 6.07) is 0.213. The number of anilines is 1. The molecule has 0 saturated carbocycles. The van der Waals surface area contributed by atoms with E-state index >= 15 is 0 Å². The molecule has 1 rings (SSSR count). The van der Waals surface area contributed by atoms with Crippen molar-refractivity contribution in [3.05, 3.63) is 11.1 Å². The highest BCUT2D eigenvalue weighted by molar-refractivity contribution is 7.13. The van der Waals surface area contributed by atoms with Crippen LogP contribution >= 0.6 is 11.3 Å². The normalized spacial score (nSPS) is 12.4. The van der Waals surface area contributed by atoms with Gasteiger partial charge >= 0.3 is 0 Å². The molecule has 5 nitrogen and oxygen atoms in total. The monoisotopic (exact) mass is 285 g/mol. The van der Waals surface area contributed by atoms with Crippen LogP contribution in [0.2, 0.25) is 0 Å². The number of thiazole rings is 1. The molecule has 1 amide bonds. The van der Waals surface area contributed by atoms with Crippen LogP contribution in [-0.4, -0.2) is 30.6 Å². The summed E-state index contributed by atoms with van der Waals surface area (Å²) in [5.41, 5.74) is 0.969. The molecule has 0 aromatic carbocycles. The summed E-state index contributed by atoms with van der Waals surface area (Å²) in [4.78, 5) is 16.1. The number of nitrogens with one attached hydrogen (secondary N) is 2. The van der Waals surface area contributed by atoms with E-state index in [-0.39, 0.29) is 11.9 Å². The van der Waals surface area contributed by atoms with E-state index in [1.54, 1.807) is 0 Å². The molecule has 1 atom stereocenters. The van der Waals surface area contributed by atoms with Crippen molar-refractivity contribution in [1.29, 1.82) is 0 Å². The molecule has 1 aromatic rings. The van der Waals surface area contributed by atoms with Gasteiger partial charge in [-0.25, -0.2) is 4.98 Å². The number of nitrogens with zero attached hydrogens (tertiary/aromatic N) is 1. The zero-order valence-electron chi connectivity index (χ0n) is 11.9. The highest BCUT2D eigenvalue weighted by atomic mass is 32.1. The molecule has 0 aliphatic carbocycles. The molecule has 0 aliphatic heterocycles. The number of hydrogen-bond acceptors (Lipinski definition) is 5. The lowest BCUT2D eigenvalue weighted by Gasteiger charge is -2.08. The molecular weight excluding hydrogens is 262 g/mol. The standard InChI is InChI=1S/C13H23N3O2S/c1-4-14-10(3)11-9-19-13(15-11)16-12(17)7-6-8-18-5-2/h9-10,14H,4-8H2,1-3H3,(H,15,16,17). The van der Waals surface area contributed by atoms with Gasteiger partial charge in [0.25, 0.3) is 0 Å². The van der Waals surface area contributed by atoms with Crippen molar-refractivity contribution in [1.82, 2.24) is 10.3 Å². The summed E-state index contributed by atoms with van der Waals surface area (Å²) in [5, 5.41) is 8.76. The van der Waals surface area contributed by atoms with Gasteiger partial charge in [-0.3, -0.25) is 4.79 Å². The fourth-order valence-corrected chi connectivity index (χ4v) is 2.43. The van der Waals surface area contributed by atoms with Crippen molar-refractivity contribution in [2.45, 2.75) is 39.7 Å². The number of hydrogen-bond donors (Lipinski definition) is 2. The van der Waals surface area contributed by atoms with Crippen molar-refractivity contribution in [3.63, 3.8) is 0 Å². The first-order valence-electron chi connectivity index (χ1n) is 6.73. The van der Waals surface area contributed by atoms with Crippen molar-refractivity contribution in [2.24, 2.45) is 0 Å². The average molecular weight is 285 g/mol. The Kier molecular flexibility index (Phi) is 7.62. The SMILES string of the molecule is CCNC(C)c1csc(NC(=O)CCCOCC)n1. The predicted octanol–water partition coefficient (Wildman–Crippen LogP) is 2.57. The zero-order chi connectivity index (χ0) is 14.1. The fraction of sp³-hybridized carbons (Fsp3) is 0.692. The van der Waals surface area contributed by atoms with E-state index in [0.717, 1.165) is 18.7 Å². The largest absolute Gasteiger partial charge is 0.382 e. The molecule has 1 unspecified atom stereocenters. The molecule has 0 aliphatic rings. The molecule has 2 N–H and O–H groups in total. The summed E-state index contributed by atoms with van der Waals surface area (Å²) >= 11 is 1.46. The molecule has 1 aromatic heterocycles. The van der Waals surface area contributed by atoms with Crippen LogP contribution in [0.25, 0.3) is 0 Å². The Balaban J connectivity index is 2.34. The molecule has 0 bridgehead atoms. The van der Waals surface area contributed by atoms with Gasteiger partial charge in [-0.05, 0) is 26.8 Å². The third-order valence-corrected chi connectivity index (χ3v) is 3.39. The van der Waals surface area contributed by atoms with E-state index in [9.17, 15) is 4.79 Å². The molecule has 0 radical (unpaired) electrons. The van der Waals surface area contributed by atoms with Crippen LogP contribution < -0.4 is 10.6 Å². The van der Waals surface area contributed by atoms with Crippen LogP contribution in [0.4, 0.5) is 5.13 Å². The quantitative estimate of drug-likeness (QED) is 0.685. The minimum absolute atomic E-state index is 0.00305. The summed E-state index contributed by atoms with van der Waals surface area (Å²) in [6.45, 7) is 8.29. The van der Waals surface area contributed by atoms with E-state index in [1.165, 1.54) is 11.3 Å². The number of carbonyl (C=O) groups excluding carboxylic acids is 1. The number of carbonyl (C=O) groups is 1. The maximum absolute atomic E-state index is 11.7. The third kappa shape index (κ3) is 6.13. The van der Waals surface area contributed by atoms with Crippen LogP contribution in [0, 0.1) is 0 Å². The third-order valence-electron chi connectivity index (χ3n) is 2.62. The minimum Gasteiger partial charge on any atom is -0.382 e. The lowest BCUT2D eigenvalue weighted by atomic mass is 10.2. The van der Waals surface area contributed by atoms with Gasteiger partial charge in [0.15, 0.2) is 5.13 Å². The first-order valence-corrected chi connectivity index (χ1v) is 7.61. The average Bonchev–Trinajstić information content (AvgIpc) is 2.83. The van der Waals surface area contributed by atoms with Gasteiger partial charge < -0.3 is 15.4 Å². The van der Waals surface area contributed by atoms with E-state index in [4.69, 9.17) is 4.74 Å². The topological polar surface area (TPSA) is 63.2 Å². The molecule has 0 spiro atoms. The molecule has 19 heavy (non-hydrogen) atoms. The van der Waals surface area contributed by atoms with Crippen LogP contribution in [0.1, 0.15) is 45.3 Å². The van der Waals surface area contributed by atoms with E-state index in [2.05, 4.69) is 29.5 Å². The lowest BCUT2D eigenvalue weighted by molar-refractivity contribution is -0.116. The van der Waals surface area contributed by atoms with Gasteiger partial charge in [-0.2, -0.15) is 0 Å². The lowest BCUT2D eigenvalue weighted by Crippen LogP contribution is -2.18. The molecule has 0 saturated heterocycles. The second-order valence-electron chi connectivity index (χ2n) is 4.21. The summed E-state index contributed by atoms with van der Waals surface area (Å²) in [5.74, 6) is -0.00305. The number of rotatable bonds is 9. The van der Waals surface area contributed by atoms with Gasteiger partial charge in [-0.1, -0.05) is 6.92 Å². The van der Waals surface area contributed by atoms with Gasteiger partial charge in [0.2, 0.25) is 5.91 Å². The van der Waals surface area contributed by atoms with E-state index in [1.807, 2.05) is 12.3 Å². The number of aromatic nitrogens is 1. The van der Waals surface area contributed by atoms with E-state index < -0.39 is 0 Å². The van der Waals surface area contributed by atoms with Crippen molar-refractivity contribution >= 4 is 22.4 Å². The van der Waals surface area contributed by atoms with Crippen LogP contribution in [0.3, 0.4) is 0 Å². The maximum atomic E-state index is 11.7. The van der Waals surface area contributed by atoms with Crippen LogP contribution in [-0.2, 0) is 9.53 Å². The van der Waals surface area contributed by atoms with Crippen molar-refractivity contribution in [2.75, 3.05) is 25.1 Å². The minimum atomic E-state index is -0.00305. The van der Waals surface area contributed by atoms with Crippen molar-refractivity contribution in [3.8, 4) is 0 Å². The summed E-state index contributed by atoms with van der Waals surface area (Å²) in [7, 11) is 0. The van der Waals surface area contributed by atoms with Gasteiger partial charge in [0, 0.05) is 31.1 Å². The first kappa shape index (κ1) is 16.1. The number of ether oxygens (including phenoxy) is 1. The second kappa shape index (κ2) is 9.01. The Morgan fingerprint density at radius 2 is 2.32 bits per heavy atom. The Bertz CT molecular complexity index is 382. The number of amides is 1. The van der Waals surface area contributed by atoms with E-state index in [0.29, 0.717) is 24.8 Å². The first-order chi connectivity index (χ1) is 9.17. The highest BCUT2D eigenvalue weighted by Gasteiger charge is 2.10. The van der Waals surface area contributed by atoms with Gasteiger partial charge in [0.1, 0.15) is 0 Å². The highest BCUT2D eigenvalue weighted by Crippen LogP contribution is 2.20. The fourth-order valence-electron chi connectivity index (χ4n) is 1.61. The second-order valence-corrected chi connectivity index (χ2v) is 5.06. The van der Waals surface area contributed by atoms with Crippen LogP contribution in [0.5, 0.6) is 0 Å². The molecule has 6 heteroatoms. The Labute approximate surface area is 118 Å². The van der Waals surface area contributed by atoms with Gasteiger partial charge in [-0.15, -0.1) is 11.3 Å². The molecule has 108 valence electrons. The summed E-state index contributed by atoms with van der Waals surface area (Å²) in [6.07, 6.45) is 1.21. The Morgan fingerprint density at radius 3 is 3.00 bits per heavy atom. The zero-order valence-corrected chi connectivity index (χ0v) is 12.7. The Morgan fingerprint density at radius 1 is 1.53 bits per heavy atom. The van der Waals surface area contributed by atoms with Crippen molar-refractivity contribution < 1.29 is 9.53 Å². The summed E-state index contributed by atoms with van der Waals surface area (Å²) < 4.78 is 5.20. The predicted molar refractivity (Wildman–Crippen MR) is 78.6 cm³/mol. The molecular formula is C13H23N3O2S. The molecule has 1 heterocycles. The molecule has 0 fully saturated rings. The maximum Gasteiger partial charge on any atom is 0.226 e. The Hall–Kier alpha value is -0.980. The van der Waals surface area contributed by atoms with Gasteiger partial charge in [0.05, 0.1) is 5.69 Å². The smallest absolute Gasteiger partial charge is 0.226 e.